The lowest BCUT2D eigenvalue weighted by molar-refractivity contribution is -0.384. The molecule has 0 aromatic carbocycles. The Morgan fingerprint density at radius 1 is 1.43 bits per heavy atom. The largest absolute Gasteiger partial charge is 0.354 e. The van der Waals surface area contributed by atoms with Crippen molar-refractivity contribution in [1.82, 2.24) is 9.97 Å². The van der Waals surface area contributed by atoms with Gasteiger partial charge in [0.2, 0.25) is 11.8 Å². The third kappa shape index (κ3) is 3.40. The van der Waals surface area contributed by atoms with Crippen LogP contribution in [0.4, 0.5) is 17.5 Å². The van der Waals surface area contributed by atoms with E-state index in [1.54, 1.807) is 0 Å². The Kier molecular flexibility index (Phi) is 3.90. The second-order valence-corrected chi connectivity index (χ2v) is 5.91. The van der Waals surface area contributed by atoms with E-state index in [1.807, 2.05) is 0 Å². The molecule has 2 fully saturated rings. The minimum absolute atomic E-state index is 0.0181. The van der Waals surface area contributed by atoms with Crippen molar-refractivity contribution in [3.8, 4) is 0 Å². The van der Waals surface area contributed by atoms with E-state index < -0.39 is 0 Å². The molecular formula is C14H21N5O2. The predicted molar refractivity (Wildman–Crippen MR) is 80.6 cm³/mol. The summed E-state index contributed by atoms with van der Waals surface area (Å²) >= 11 is 0. The number of nitrogens with one attached hydrogen (secondary N) is 1. The van der Waals surface area contributed by atoms with E-state index in [9.17, 15) is 10.1 Å². The number of hydrogen-bond donors (Lipinski definition) is 1. The van der Waals surface area contributed by atoms with Crippen molar-refractivity contribution < 1.29 is 4.92 Å². The summed E-state index contributed by atoms with van der Waals surface area (Å²) in [4.78, 5) is 21.5. The van der Waals surface area contributed by atoms with Gasteiger partial charge in [-0.25, -0.2) is 4.98 Å². The van der Waals surface area contributed by atoms with Crippen molar-refractivity contribution in [2.75, 3.05) is 23.3 Å². The van der Waals surface area contributed by atoms with Gasteiger partial charge in [-0.2, -0.15) is 4.98 Å². The average Bonchev–Trinajstić information content (AvgIpc) is 3.35. The SMILES string of the molecule is CCCNc1ncc([N+](=O)[O-])c(N(CC2CC2)C2CC2)n1. The van der Waals surface area contributed by atoms with Gasteiger partial charge >= 0.3 is 5.69 Å². The summed E-state index contributed by atoms with van der Waals surface area (Å²) < 4.78 is 0. The molecule has 1 heterocycles. The highest BCUT2D eigenvalue weighted by atomic mass is 16.6. The van der Waals surface area contributed by atoms with Gasteiger partial charge in [-0.3, -0.25) is 10.1 Å². The highest BCUT2D eigenvalue weighted by molar-refractivity contribution is 5.60. The summed E-state index contributed by atoms with van der Waals surface area (Å²) in [6.45, 7) is 3.71. The Morgan fingerprint density at radius 2 is 2.19 bits per heavy atom. The quantitative estimate of drug-likeness (QED) is 0.585. The summed E-state index contributed by atoms with van der Waals surface area (Å²) in [5.74, 6) is 1.65. The van der Waals surface area contributed by atoms with Crippen molar-refractivity contribution in [3.63, 3.8) is 0 Å². The lowest BCUT2D eigenvalue weighted by atomic mass is 10.3. The fourth-order valence-electron chi connectivity index (χ4n) is 2.40. The van der Waals surface area contributed by atoms with Crippen LogP contribution in [0.5, 0.6) is 0 Å². The maximum Gasteiger partial charge on any atom is 0.329 e. The molecule has 0 atom stereocenters. The van der Waals surface area contributed by atoms with E-state index in [0.717, 1.165) is 32.4 Å². The molecule has 114 valence electrons. The number of hydrogen-bond acceptors (Lipinski definition) is 6. The summed E-state index contributed by atoms with van der Waals surface area (Å²) in [7, 11) is 0. The molecule has 7 nitrogen and oxygen atoms in total. The van der Waals surface area contributed by atoms with Crippen molar-refractivity contribution in [2.24, 2.45) is 5.92 Å². The van der Waals surface area contributed by atoms with Gasteiger partial charge in [-0.1, -0.05) is 6.92 Å². The van der Waals surface area contributed by atoms with Crippen LogP contribution in [0.25, 0.3) is 0 Å². The molecule has 1 N–H and O–H groups in total. The van der Waals surface area contributed by atoms with Crippen LogP contribution in [0.15, 0.2) is 6.20 Å². The van der Waals surface area contributed by atoms with E-state index in [1.165, 1.54) is 19.0 Å². The van der Waals surface area contributed by atoms with E-state index in [-0.39, 0.29) is 10.6 Å². The predicted octanol–water partition coefficient (Wildman–Crippen LogP) is 2.59. The Morgan fingerprint density at radius 3 is 2.76 bits per heavy atom. The Balaban J connectivity index is 1.88. The zero-order chi connectivity index (χ0) is 14.8. The maximum absolute atomic E-state index is 11.3. The summed E-state index contributed by atoms with van der Waals surface area (Å²) in [5, 5.41) is 14.4. The van der Waals surface area contributed by atoms with Crippen LogP contribution < -0.4 is 10.2 Å². The van der Waals surface area contributed by atoms with Gasteiger partial charge < -0.3 is 10.2 Å². The van der Waals surface area contributed by atoms with Gasteiger partial charge in [0.15, 0.2) is 0 Å². The van der Waals surface area contributed by atoms with Gasteiger partial charge in [-0.05, 0) is 38.0 Å². The monoisotopic (exact) mass is 291 g/mol. The van der Waals surface area contributed by atoms with Crippen molar-refractivity contribution in [1.29, 1.82) is 0 Å². The van der Waals surface area contributed by atoms with Crippen molar-refractivity contribution in [3.05, 3.63) is 16.3 Å². The third-order valence-corrected chi connectivity index (χ3v) is 3.89. The second kappa shape index (κ2) is 5.83. The Hall–Kier alpha value is -1.92. The molecule has 3 rings (SSSR count). The molecule has 21 heavy (non-hydrogen) atoms. The van der Waals surface area contributed by atoms with Gasteiger partial charge in [0, 0.05) is 19.1 Å². The molecule has 1 aromatic rings. The number of nitrogens with zero attached hydrogens (tertiary/aromatic N) is 4. The van der Waals surface area contributed by atoms with Crippen LogP contribution in [0.3, 0.4) is 0 Å². The first-order valence-corrected chi connectivity index (χ1v) is 7.71. The average molecular weight is 291 g/mol. The van der Waals surface area contributed by atoms with E-state index >= 15 is 0 Å². The zero-order valence-corrected chi connectivity index (χ0v) is 12.3. The lowest BCUT2D eigenvalue weighted by Crippen LogP contribution is -2.30. The minimum Gasteiger partial charge on any atom is -0.354 e. The zero-order valence-electron chi connectivity index (χ0n) is 12.3. The number of anilines is 2. The highest BCUT2D eigenvalue weighted by Gasteiger charge is 2.37. The molecule has 2 aliphatic rings. The minimum atomic E-state index is -0.374. The smallest absolute Gasteiger partial charge is 0.329 e. The third-order valence-electron chi connectivity index (χ3n) is 3.89. The van der Waals surface area contributed by atoms with Crippen molar-refractivity contribution in [2.45, 2.75) is 45.1 Å². The maximum atomic E-state index is 11.3. The number of nitro groups is 1. The number of aromatic nitrogens is 2. The lowest BCUT2D eigenvalue weighted by Gasteiger charge is -2.23. The van der Waals surface area contributed by atoms with Crippen LogP contribution in [0.1, 0.15) is 39.0 Å². The molecule has 1 aromatic heterocycles. The first kappa shape index (κ1) is 14.0. The van der Waals surface area contributed by atoms with E-state index in [0.29, 0.717) is 23.7 Å². The van der Waals surface area contributed by atoms with Crippen LogP contribution in [0.2, 0.25) is 0 Å². The van der Waals surface area contributed by atoms with E-state index in [2.05, 4.69) is 27.1 Å². The molecule has 2 aliphatic carbocycles. The highest BCUT2D eigenvalue weighted by Crippen LogP contribution is 2.40. The molecule has 7 heteroatoms. The molecule has 0 amide bonds. The van der Waals surface area contributed by atoms with Crippen LogP contribution >= 0.6 is 0 Å². The second-order valence-electron chi connectivity index (χ2n) is 5.91. The summed E-state index contributed by atoms with van der Waals surface area (Å²) in [6, 6.07) is 0.415. The normalized spacial score (nSPS) is 17.6. The topological polar surface area (TPSA) is 84.2 Å². The molecule has 0 aliphatic heterocycles. The van der Waals surface area contributed by atoms with Crippen molar-refractivity contribution >= 4 is 17.5 Å². The molecule has 0 unspecified atom stereocenters. The summed E-state index contributed by atoms with van der Waals surface area (Å²) in [5.41, 5.74) is 0.0181. The Labute approximate surface area is 123 Å². The number of rotatable bonds is 8. The molecule has 0 radical (unpaired) electrons. The van der Waals surface area contributed by atoms with Gasteiger partial charge in [0.05, 0.1) is 4.92 Å². The molecule has 0 bridgehead atoms. The standard InChI is InChI=1S/C14H21N5O2/c1-2-7-15-14-16-8-12(19(20)21)13(17-14)18(11-5-6-11)9-10-3-4-10/h8,10-11H,2-7,9H2,1H3,(H,15,16,17). The fraction of sp³-hybridized carbons (Fsp3) is 0.714. The molecular weight excluding hydrogens is 270 g/mol. The van der Waals surface area contributed by atoms with Gasteiger partial charge in [-0.15, -0.1) is 0 Å². The van der Waals surface area contributed by atoms with Crippen LogP contribution in [-0.4, -0.2) is 34.0 Å². The molecule has 2 saturated carbocycles. The molecule has 0 saturated heterocycles. The van der Waals surface area contributed by atoms with Gasteiger partial charge in [0.1, 0.15) is 6.20 Å². The summed E-state index contributed by atoms with van der Waals surface area (Å²) in [6.07, 6.45) is 6.95. The molecule has 0 spiro atoms. The van der Waals surface area contributed by atoms with E-state index in [4.69, 9.17) is 0 Å². The Bertz CT molecular complexity index is 528. The first-order chi connectivity index (χ1) is 10.2. The van der Waals surface area contributed by atoms with Crippen LogP contribution in [-0.2, 0) is 0 Å². The fourth-order valence-corrected chi connectivity index (χ4v) is 2.40. The van der Waals surface area contributed by atoms with Gasteiger partial charge in [0.25, 0.3) is 0 Å². The van der Waals surface area contributed by atoms with Crippen LogP contribution in [0, 0.1) is 16.0 Å². The first-order valence-electron chi connectivity index (χ1n) is 7.71.